The highest BCUT2D eigenvalue weighted by atomic mass is 16.2. The van der Waals surface area contributed by atoms with Gasteiger partial charge in [0.15, 0.2) is 0 Å². The number of fused-ring (bicyclic) bond motifs is 1. The molecule has 0 spiro atoms. The van der Waals surface area contributed by atoms with Crippen LogP contribution in [-0.4, -0.2) is 15.5 Å². The van der Waals surface area contributed by atoms with Gasteiger partial charge in [-0.25, -0.2) is 0 Å². The summed E-state index contributed by atoms with van der Waals surface area (Å²) in [7, 11) is 0. The minimum absolute atomic E-state index is 0.270. The Balaban J connectivity index is 1.84. The van der Waals surface area contributed by atoms with Crippen LogP contribution >= 0.6 is 0 Å². The predicted molar refractivity (Wildman–Crippen MR) is 108 cm³/mol. The first-order chi connectivity index (χ1) is 13.0. The topological polar surface area (TPSA) is 84.0 Å². The van der Waals surface area contributed by atoms with Crippen LogP contribution in [0.4, 0.5) is 5.69 Å². The van der Waals surface area contributed by atoms with Crippen molar-refractivity contribution < 1.29 is 4.79 Å². The standard InChI is InChI=1S/C21H23N3O3/c1-3-5-6-14-7-10-16(11-8-14)22-19(25)15-9-12-18-17(13-15)23-20(26)21(27)24(18)4-2/h7-13H,3-6H2,1-2H3,(H,22,25)(H,23,26). The average Bonchev–Trinajstić information content (AvgIpc) is 2.68. The van der Waals surface area contributed by atoms with Crippen LogP contribution in [0.5, 0.6) is 0 Å². The Morgan fingerprint density at radius 2 is 1.81 bits per heavy atom. The van der Waals surface area contributed by atoms with E-state index in [1.54, 1.807) is 25.1 Å². The Kier molecular flexibility index (Phi) is 5.54. The fourth-order valence-electron chi connectivity index (χ4n) is 3.07. The summed E-state index contributed by atoms with van der Waals surface area (Å²) in [4.78, 5) is 38.8. The normalized spacial score (nSPS) is 10.9. The molecule has 0 bridgehead atoms. The van der Waals surface area contributed by atoms with Crippen molar-refractivity contribution in [2.45, 2.75) is 39.7 Å². The maximum atomic E-state index is 12.5. The van der Waals surface area contributed by atoms with E-state index in [2.05, 4.69) is 17.2 Å². The molecule has 0 fully saturated rings. The van der Waals surface area contributed by atoms with Crippen molar-refractivity contribution >= 4 is 22.6 Å². The zero-order valence-corrected chi connectivity index (χ0v) is 15.5. The van der Waals surface area contributed by atoms with Crippen LogP contribution in [0.2, 0.25) is 0 Å². The molecule has 1 aromatic heterocycles. The molecule has 0 aliphatic carbocycles. The molecule has 6 nitrogen and oxygen atoms in total. The van der Waals surface area contributed by atoms with Crippen molar-refractivity contribution in [3.63, 3.8) is 0 Å². The van der Waals surface area contributed by atoms with Gasteiger partial charge in [-0.3, -0.25) is 14.4 Å². The molecular weight excluding hydrogens is 342 g/mol. The largest absolute Gasteiger partial charge is 0.322 e. The minimum atomic E-state index is -0.690. The number of hydrogen-bond donors (Lipinski definition) is 2. The van der Waals surface area contributed by atoms with E-state index in [0.717, 1.165) is 19.3 Å². The van der Waals surface area contributed by atoms with Crippen LogP contribution in [-0.2, 0) is 13.0 Å². The fraction of sp³-hybridized carbons (Fsp3) is 0.286. The lowest BCUT2D eigenvalue weighted by molar-refractivity contribution is 0.102. The van der Waals surface area contributed by atoms with Crippen molar-refractivity contribution in [3.05, 3.63) is 74.3 Å². The first-order valence-corrected chi connectivity index (χ1v) is 9.20. The number of carbonyl (C=O) groups is 1. The van der Waals surface area contributed by atoms with Crippen molar-refractivity contribution in [1.82, 2.24) is 9.55 Å². The number of H-pyrrole nitrogens is 1. The number of aryl methyl sites for hydroxylation is 2. The van der Waals surface area contributed by atoms with Crippen LogP contribution in [0.1, 0.15) is 42.6 Å². The van der Waals surface area contributed by atoms with Gasteiger partial charge in [0.25, 0.3) is 5.91 Å². The van der Waals surface area contributed by atoms with Crippen molar-refractivity contribution in [1.29, 1.82) is 0 Å². The third kappa shape index (κ3) is 4.00. The van der Waals surface area contributed by atoms with Crippen molar-refractivity contribution in [3.8, 4) is 0 Å². The summed E-state index contributed by atoms with van der Waals surface area (Å²) in [5.41, 5.74) is 2.15. The summed E-state index contributed by atoms with van der Waals surface area (Å²) >= 11 is 0. The first kappa shape index (κ1) is 18.6. The van der Waals surface area contributed by atoms with Gasteiger partial charge in [-0.2, -0.15) is 0 Å². The Morgan fingerprint density at radius 3 is 2.48 bits per heavy atom. The molecule has 0 unspecified atom stereocenters. The van der Waals surface area contributed by atoms with Crippen molar-refractivity contribution in [2.24, 2.45) is 0 Å². The number of nitrogens with zero attached hydrogens (tertiary/aromatic N) is 1. The van der Waals surface area contributed by atoms with Crippen LogP contribution in [0.25, 0.3) is 11.0 Å². The summed E-state index contributed by atoms with van der Waals surface area (Å²) in [6, 6.07) is 12.7. The molecule has 2 N–H and O–H groups in total. The Morgan fingerprint density at radius 1 is 1.07 bits per heavy atom. The van der Waals surface area contributed by atoms with Gasteiger partial charge in [-0.05, 0) is 55.7 Å². The number of hydrogen-bond acceptors (Lipinski definition) is 3. The number of aromatic nitrogens is 2. The smallest absolute Gasteiger partial charge is 0.316 e. The van der Waals surface area contributed by atoms with E-state index in [-0.39, 0.29) is 5.91 Å². The SMILES string of the molecule is CCCCc1ccc(NC(=O)c2ccc3c(c2)[nH]c(=O)c(=O)n3CC)cc1. The summed E-state index contributed by atoms with van der Waals surface area (Å²) in [5.74, 6) is -0.270. The number of carbonyl (C=O) groups excluding carboxylic acids is 1. The van der Waals surface area contributed by atoms with E-state index >= 15 is 0 Å². The van der Waals surface area contributed by atoms with E-state index < -0.39 is 11.1 Å². The highest BCUT2D eigenvalue weighted by Crippen LogP contribution is 2.16. The van der Waals surface area contributed by atoms with E-state index in [1.165, 1.54) is 10.1 Å². The lowest BCUT2D eigenvalue weighted by Crippen LogP contribution is -2.36. The number of unbranched alkanes of at least 4 members (excludes halogenated alkanes) is 1. The number of aromatic amines is 1. The Hall–Kier alpha value is -3.15. The zero-order chi connectivity index (χ0) is 19.4. The Bertz CT molecular complexity index is 1080. The molecule has 0 aliphatic heterocycles. The van der Waals surface area contributed by atoms with Gasteiger partial charge < -0.3 is 14.9 Å². The summed E-state index contributed by atoms with van der Waals surface area (Å²) in [6.45, 7) is 4.34. The van der Waals surface area contributed by atoms with E-state index in [9.17, 15) is 14.4 Å². The van der Waals surface area contributed by atoms with Gasteiger partial charge in [-0.1, -0.05) is 25.5 Å². The van der Waals surface area contributed by atoms with E-state index in [1.807, 2.05) is 24.3 Å². The zero-order valence-electron chi connectivity index (χ0n) is 15.5. The number of rotatable bonds is 6. The fourth-order valence-corrected chi connectivity index (χ4v) is 3.07. The van der Waals surface area contributed by atoms with E-state index in [0.29, 0.717) is 28.8 Å². The maximum absolute atomic E-state index is 12.5. The minimum Gasteiger partial charge on any atom is -0.322 e. The van der Waals surface area contributed by atoms with Gasteiger partial charge in [0, 0.05) is 17.8 Å². The number of benzene rings is 2. The molecule has 0 saturated heterocycles. The third-order valence-electron chi connectivity index (χ3n) is 4.58. The molecule has 1 heterocycles. The lowest BCUT2D eigenvalue weighted by Gasteiger charge is -2.10. The molecule has 27 heavy (non-hydrogen) atoms. The van der Waals surface area contributed by atoms with Gasteiger partial charge >= 0.3 is 11.1 Å². The molecule has 0 saturated carbocycles. The van der Waals surface area contributed by atoms with Gasteiger partial charge in [-0.15, -0.1) is 0 Å². The molecule has 2 aromatic carbocycles. The quantitative estimate of drug-likeness (QED) is 0.657. The second kappa shape index (κ2) is 8.03. The molecule has 0 radical (unpaired) electrons. The van der Waals surface area contributed by atoms with Crippen LogP contribution in [0.15, 0.2) is 52.1 Å². The number of amides is 1. The lowest BCUT2D eigenvalue weighted by atomic mass is 10.1. The molecule has 0 atom stereocenters. The molecule has 1 amide bonds. The number of anilines is 1. The molecule has 0 aliphatic rings. The summed E-state index contributed by atoms with van der Waals surface area (Å²) < 4.78 is 1.39. The average molecular weight is 365 g/mol. The van der Waals surface area contributed by atoms with Crippen molar-refractivity contribution in [2.75, 3.05) is 5.32 Å². The van der Waals surface area contributed by atoms with Gasteiger partial charge in [0.1, 0.15) is 0 Å². The van der Waals surface area contributed by atoms with Gasteiger partial charge in [0.05, 0.1) is 11.0 Å². The third-order valence-corrected chi connectivity index (χ3v) is 4.58. The highest BCUT2D eigenvalue weighted by Gasteiger charge is 2.11. The molecular formula is C21H23N3O3. The van der Waals surface area contributed by atoms with Crippen LogP contribution in [0, 0.1) is 0 Å². The van der Waals surface area contributed by atoms with Gasteiger partial charge in [0.2, 0.25) is 0 Å². The molecule has 3 rings (SSSR count). The summed E-state index contributed by atoms with van der Waals surface area (Å²) in [6.07, 6.45) is 3.32. The Labute approximate surface area is 156 Å². The maximum Gasteiger partial charge on any atom is 0.316 e. The first-order valence-electron chi connectivity index (χ1n) is 9.20. The second-order valence-corrected chi connectivity index (χ2v) is 6.49. The second-order valence-electron chi connectivity index (χ2n) is 6.49. The number of nitrogens with one attached hydrogen (secondary N) is 2. The predicted octanol–water partition coefficient (Wildman–Crippen LogP) is 3.30. The molecule has 140 valence electrons. The van der Waals surface area contributed by atoms with Crippen LogP contribution < -0.4 is 16.4 Å². The molecule has 6 heteroatoms. The van der Waals surface area contributed by atoms with Crippen LogP contribution in [0.3, 0.4) is 0 Å². The summed E-state index contributed by atoms with van der Waals surface area (Å²) in [5, 5.41) is 2.86. The monoisotopic (exact) mass is 365 g/mol. The highest BCUT2D eigenvalue weighted by molar-refractivity contribution is 6.05. The van der Waals surface area contributed by atoms with E-state index in [4.69, 9.17) is 0 Å². The molecule has 3 aromatic rings.